The predicted octanol–water partition coefficient (Wildman–Crippen LogP) is 5.03. The molecule has 0 spiro atoms. The second-order valence-electron chi connectivity index (χ2n) is 9.59. The highest BCUT2D eigenvalue weighted by Gasteiger charge is 2.38. The summed E-state index contributed by atoms with van der Waals surface area (Å²) >= 11 is 0. The molecule has 0 bridgehead atoms. The Morgan fingerprint density at radius 3 is 2.17 bits per heavy atom. The Bertz CT molecular complexity index is 1030. The minimum absolute atomic E-state index is 0.0610. The fourth-order valence-electron chi connectivity index (χ4n) is 4.42. The van der Waals surface area contributed by atoms with Gasteiger partial charge in [-0.05, 0) is 53.9 Å². The van der Waals surface area contributed by atoms with Gasteiger partial charge in [-0.3, -0.25) is 14.6 Å². The normalized spacial score (nSPS) is 21.9. The lowest BCUT2D eigenvalue weighted by Gasteiger charge is -2.42. The Morgan fingerprint density at radius 2 is 1.59 bits per heavy atom. The molecule has 2 aromatic rings. The van der Waals surface area contributed by atoms with E-state index in [2.05, 4.69) is 45.1 Å². The van der Waals surface area contributed by atoms with Crippen LogP contribution < -0.4 is 5.32 Å². The van der Waals surface area contributed by atoms with E-state index in [1.165, 1.54) is 11.1 Å². The Morgan fingerprint density at radius 1 is 1.00 bits per heavy atom. The van der Waals surface area contributed by atoms with Gasteiger partial charge < -0.3 is 5.32 Å². The van der Waals surface area contributed by atoms with E-state index in [4.69, 9.17) is 4.99 Å². The molecule has 0 saturated carbocycles. The van der Waals surface area contributed by atoms with E-state index in [-0.39, 0.29) is 16.7 Å². The summed E-state index contributed by atoms with van der Waals surface area (Å²) in [7, 11) is 0. The molecule has 4 heteroatoms. The van der Waals surface area contributed by atoms with Gasteiger partial charge in [-0.2, -0.15) is 0 Å². The lowest BCUT2D eigenvalue weighted by atomic mass is 9.62. The van der Waals surface area contributed by atoms with Crippen molar-refractivity contribution in [1.29, 1.82) is 0 Å². The SMILES string of the molecule is C[C@@H]1N=C(c2ccc(C=O)cc2)c2cc3c(cc2NC1=O)C(C)(C)CCC3(C)C. The quantitative estimate of drug-likeness (QED) is 0.734. The molecule has 1 amide bonds. The standard InChI is InChI=1S/C25H28N2O2/c1-15-23(29)27-21-13-20-19(24(2,3)10-11-25(20,4)5)12-18(21)22(26-15)17-8-6-16(14-28)7-9-17/h6-9,12-15H,10-11H2,1-5H3,(H,27,29)/t15-/m0/s1. The fourth-order valence-corrected chi connectivity index (χ4v) is 4.42. The van der Waals surface area contributed by atoms with Crippen molar-refractivity contribution in [2.75, 3.05) is 5.32 Å². The Labute approximate surface area is 172 Å². The topological polar surface area (TPSA) is 58.5 Å². The van der Waals surface area contributed by atoms with Crippen LogP contribution in [-0.4, -0.2) is 23.9 Å². The first-order chi connectivity index (χ1) is 13.6. The number of hydrogen-bond acceptors (Lipinski definition) is 3. The maximum atomic E-state index is 12.6. The molecule has 1 atom stereocenters. The summed E-state index contributed by atoms with van der Waals surface area (Å²) in [4.78, 5) is 28.5. The van der Waals surface area contributed by atoms with Crippen LogP contribution in [0.4, 0.5) is 5.69 Å². The van der Waals surface area contributed by atoms with Crippen LogP contribution in [0.3, 0.4) is 0 Å². The first-order valence-corrected chi connectivity index (χ1v) is 10.3. The summed E-state index contributed by atoms with van der Waals surface area (Å²) in [5, 5.41) is 3.10. The zero-order valence-electron chi connectivity index (χ0n) is 17.8. The third-order valence-corrected chi connectivity index (χ3v) is 6.53. The van der Waals surface area contributed by atoms with E-state index < -0.39 is 6.04 Å². The lowest BCUT2D eigenvalue weighted by Crippen LogP contribution is -2.34. The van der Waals surface area contributed by atoms with Gasteiger partial charge in [0, 0.05) is 16.7 Å². The summed E-state index contributed by atoms with van der Waals surface area (Å²) < 4.78 is 0. The smallest absolute Gasteiger partial charge is 0.248 e. The van der Waals surface area contributed by atoms with Crippen molar-refractivity contribution in [1.82, 2.24) is 0 Å². The molecule has 1 aliphatic heterocycles. The van der Waals surface area contributed by atoms with E-state index in [1.54, 1.807) is 12.1 Å². The number of nitrogens with zero attached hydrogens (tertiary/aromatic N) is 1. The van der Waals surface area contributed by atoms with Gasteiger partial charge in [0.15, 0.2) is 0 Å². The molecule has 0 aromatic heterocycles. The number of nitrogens with one attached hydrogen (secondary N) is 1. The van der Waals surface area contributed by atoms with E-state index in [0.717, 1.165) is 41.7 Å². The summed E-state index contributed by atoms with van der Waals surface area (Å²) in [6.07, 6.45) is 3.07. The molecule has 4 nitrogen and oxygen atoms in total. The maximum Gasteiger partial charge on any atom is 0.248 e. The molecule has 0 radical (unpaired) electrons. The van der Waals surface area contributed by atoms with Crippen molar-refractivity contribution in [3.8, 4) is 0 Å². The third kappa shape index (κ3) is 3.31. The van der Waals surface area contributed by atoms with E-state index in [1.807, 2.05) is 19.1 Å². The summed E-state index contributed by atoms with van der Waals surface area (Å²) in [5.74, 6) is -0.0985. The molecule has 29 heavy (non-hydrogen) atoms. The first-order valence-electron chi connectivity index (χ1n) is 10.3. The van der Waals surface area contributed by atoms with Crippen LogP contribution in [0.1, 0.15) is 80.1 Å². The van der Waals surface area contributed by atoms with E-state index in [0.29, 0.717) is 5.56 Å². The largest absolute Gasteiger partial charge is 0.324 e. The van der Waals surface area contributed by atoms with E-state index in [9.17, 15) is 9.59 Å². The number of anilines is 1. The third-order valence-electron chi connectivity index (χ3n) is 6.53. The van der Waals surface area contributed by atoms with Gasteiger partial charge in [-0.1, -0.05) is 52.0 Å². The van der Waals surface area contributed by atoms with Crippen molar-refractivity contribution in [2.24, 2.45) is 4.99 Å². The number of aliphatic imine (C=N–C) groups is 1. The van der Waals surface area contributed by atoms with Crippen LogP contribution in [-0.2, 0) is 15.6 Å². The van der Waals surface area contributed by atoms with Crippen molar-refractivity contribution in [2.45, 2.75) is 64.3 Å². The molecular formula is C25H28N2O2. The molecule has 4 rings (SSSR count). The average Bonchev–Trinajstić information content (AvgIpc) is 2.81. The highest BCUT2D eigenvalue weighted by molar-refractivity contribution is 6.20. The number of amides is 1. The van der Waals surface area contributed by atoms with Gasteiger partial charge in [0.1, 0.15) is 12.3 Å². The molecule has 0 fully saturated rings. The number of rotatable bonds is 2. The van der Waals surface area contributed by atoms with Crippen LogP contribution in [0.25, 0.3) is 0 Å². The summed E-state index contributed by atoms with van der Waals surface area (Å²) in [6, 6.07) is 11.3. The molecule has 1 heterocycles. The van der Waals surface area contributed by atoms with Crippen LogP contribution in [0.2, 0.25) is 0 Å². The minimum atomic E-state index is -0.485. The van der Waals surface area contributed by atoms with Crippen molar-refractivity contribution in [3.63, 3.8) is 0 Å². The molecule has 1 N–H and O–H groups in total. The molecule has 150 valence electrons. The lowest BCUT2D eigenvalue weighted by molar-refractivity contribution is -0.116. The van der Waals surface area contributed by atoms with Crippen molar-refractivity contribution < 1.29 is 9.59 Å². The molecule has 1 aliphatic carbocycles. The summed E-state index contributed by atoms with van der Waals surface area (Å²) in [5.41, 5.74) is 6.86. The number of hydrogen-bond donors (Lipinski definition) is 1. The summed E-state index contributed by atoms with van der Waals surface area (Å²) in [6.45, 7) is 11.0. The van der Waals surface area contributed by atoms with Gasteiger partial charge in [0.25, 0.3) is 0 Å². The van der Waals surface area contributed by atoms with Crippen molar-refractivity contribution in [3.05, 3.63) is 64.2 Å². The Kier molecular flexibility index (Phi) is 4.49. The van der Waals surface area contributed by atoms with Gasteiger partial charge in [-0.15, -0.1) is 0 Å². The highest BCUT2D eigenvalue weighted by Crippen LogP contribution is 2.47. The number of carbonyl (C=O) groups excluding carboxylic acids is 2. The van der Waals surface area contributed by atoms with E-state index >= 15 is 0 Å². The number of benzene rings is 2. The monoisotopic (exact) mass is 388 g/mol. The predicted molar refractivity (Wildman–Crippen MR) is 117 cm³/mol. The van der Waals surface area contributed by atoms with Gasteiger partial charge in [0.2, 0.25) is 5.91 Å². The molecular weight excluding hydrogens is 360 g/mol. The van der Waals surface area contributed by atoms with Crippen LogP contribution in [0.5, 0.6) is 0 Å². The second kappa shape index (κ2) is 6.65. The Hall–Kier alpha value is -2.75. The Balaban J connectivity index is 1.97. The highest BCUT2D eigenvalue weighted by atomic mass is 16.2. The molecule has 0 saturated heterocycles. The molecule has 0 unspecified atom stereocenters. The number of fused-ring (bicyclic) bond motifs is 2. The zero-order chi connectivity index (χ0) is 21.0. The van der Waals surface area contributed by atoms with Gasteiger partial charge in [0.05, 0.1) is 11.4 Å². The maximum absolute atomic E-state index is 12.6. The van der Waals surface area contributed by atoms with Crippen molar-refractivity contribution >= 4 is 23.6 Å². The van der Waals surface area contributed by atoms with Crippen LogP contribution in [0, 0.1) is 0 Å². The van der Waals surface area contributed by atoms with Gasteiger partial charge >= 0.3 is 0 Å². The van der Waals surface area contributed by atoms with Gasteiger partial charge in [-0.25, -0.2) is 0 Å². The first kappa shape index (κ1) is 19.6. The molecule has 2 aromatic carbocycles. The number of carbonyl (C=O) groups is 2. The molecule has 2 aliphatic rings. The number of aldehydes is 1. The van der Waals surface area contributed by atoms with Crippen LogP contribution in [0.15, 0.2) is 41.4 Å². The zero-order valence-corrected chi connectivity index (χ0v) is 17.8. The van der Waals surface area contributed by atoms with Crippen LogP contribution >= 0.6 is 0 Å². The second-order valence-corrected chi connectivity index (χ2v) is 9.59. The minimum Gasteiger partial charge on any atom is -0.324 e. The fraction of sp³-hybridized carbons (Fsp3) is 0.400. The average molecular weight is 389 g/mol.